The Morgan fingerprint density at radius 3 is 2.16 bits per heavy atom. The van der Waals surface area contributed by atoms with E-state index in [-0.39, 0.29) is 12.5 Å². The van der Waals surface area contributed by atoms with Gasteiger partial charge in [-0.3, -0.25) is 14.5 Å². The van der Waals surface area contributed by atoms with Crippen molar-refractivity contribution >= 4 is 17.8 Å². The summed E-state index contributed by atoms with van der Waals surface area (Å²) < 4.78 is 0. The maximum absolute atomic E-state index is 14.0. The number of rotatable bonds is 6. The number of amides is 4. The number of nitrogens with zero attached hydrogens (tertiary/aromatic N) is 2. The molecule has 0 bridgehead atoms. The van der Waals surface area contributed by atoms with Crippen molar-refractivity contribution in [2.45, 2.75) is 38.6 Å². The molecule has 4 amide bonds. The van der Waals surface area contributed by atoms with E-state index in [2.05, 4.69) is 29.6 Å². The van der Waals surface area contributed by atoms with E-state index < -0.39 is 17.5 Å². The van der Waals surface area contributed by atoms with Gasteiger partial charge in [0.05, 0.1) is 0 Å². The summed E-state index contributed by atoms with van der Waals surface area (Å²) in [6.45, 7) is 5.02. The Hall–Kier alpha value is -3.93. The first kappa shape index (κ1) is 24.8. The molecule has 1 N–H and O–H groups in total. The number of aryl methyl sites for hydroxylation is 2. The lowest BCUT2D eigenvalue weighted by Gasteiger charge is -2.33. The Kier molecular flexibility index (Phi) is 6.83. The molecule has 0 saturated carbocycles. The normalized spacial score (nSPS) is 20.3. The number of carbonyl (C=O) groups is 3. The summed E-state index contributed by atoms with van der Waals surface area (Å²) in [7, 11) is 0. The molecule has 2 saturated heterocycles. The number of urea groups is 1. The van der Waals surface area contributed by atoms with Gasteiger partial charge in [-0.05, 0) is 66.8 Å². The molecule has 2 aliphatic rings. The lowest BCUT2D eigenvalue weighted by Crippen LogP contribution is -2.48. The van der Waals surface area contributed by atoms with Gasteiger partial charge in [0, 0.05) is 13.1 Å². The second-order valence-electron chi connectivity index (χ2n) is 10.3. The SMILES string of the molecule is Cc1ccc(C2(c3ccccc3)NC(=O)N(CC(=O)N3CCC(Cc4ccccc4)CC3)C2=O)cc1C. The molecule has 1 unspecified atom stereocenters. The standard InChI is InChI=1S/C31H33N3O3/c1-22-13-14-27(19-23(22)2)31(26-11-7-4-8-12-26)29(36)34(30(37)32-31)21-28(35)33-17-15-25(16-18-33)20-24-9-5-3-6-10-24/h3-14,19,25H,15-18,20-21H2,1-2H3,(H,32,37). The molecule has 2 fully saturated rings. The molecule has 3 aromatic rings. The third-order valence-electron chi connectivity index (χ3n) is 7.88. The molecule has 1 atom stereocenters. The average Bonchev–Trinajstić information content (AvgIpc) is 3.17. The van der Waals surface area contributed by atoms with Gasteiger partial charge in [-0.25, -0.2) is 4.79 Å². The Morgan fingerprint density at radius 2 is 1.51 bits per heavy atom. The van der Waals surface area contributed by atoms with Crippen molar-refractivity contribution < 1.29 is 14.4 Å². The monoisotopic (exact) mass is 495 g/mol. The smallest absolute Gasteiger partial charge is 0.326 e. The van der Waals surface area contributed by atoms with E-state index >= 15 is 0 Å². The van der Waals surface area contributed by atoms with Crippen molar-refractivity contribution in [3.05, 3.63) is 107 Å². The largest absolute Gasteiger partial charge is 0.341 e. The van der Waals surface area contributed by atoms with E-state index in [1.807, 2.05) is 68.4 Å². The van der Waals surface area contributed by atoms with Crippen LogP contribution in [0, 0.1) is 19.8 Å². The van der Waals surface area contributed by atoms with E-state index in [1.54, 1.807) is 4.90 Å². The zero-order chi connectivity index (χ0) is 26.0. The highest BCUT2D eigenvalue weighted by Crippen LogP contribution is 2.37. The molecule has 6 nitrogen and oxygen atoms in total. The van der Waals surface area contributed by atoms with Crippen LogP contribution in [0.4, 0.5) is 4.79 Å². The first-order chi connectivity index (χ1) is 17.9. The van der Waals surface area contributed by atoms with E-state index in [9.17, 15) is 14.4 Å². The van der Waals surface area contributed by atoms with Gasteiger partial charge < -0.3 is 10.2 Å². The molecule has 0 spiro atoms. The van der Waals surface area contributed by atoms with Crippen LogP contribution in [0.3, 0.4) is 0 Å². The van der Waals surface area contributed by atoms with E-state index in [4.69, 9.17) is 0 Å². The number of nitrogens with one attached hydrogen (secondary N) is 1. The first-order valence-electron chi connectivity index (χ1n) is 13.0. The fourth-order valence-corrected chi connectivity index (χ4v) is 5.51. The number of carbonyl (C=O) groups excluding carboxylic acids is 3. The number of benzene rings is 3. The van der Waals surface area contributed by atoms with E-state index in [0.717, 1.165) is 35.3 Å². The van der Waals surface area contributed by atoms with Crippen LogP contribution < -0.4 is 5.32 Å². The topological polar surface area (TPSA) is 69.7 Å². The highest BCUT2D eigenvalue weighted by atomic mass is 16.2. The van der Waals surface area contributed by atoms with Crippen LogP contribution in [0.5, 0.6) is 0 Å². The minimum atomic E-state index is -1.36. The van der Waals surface area contributed by atoms with Crippen molar-refractivity contribution in [2.24, 2.45) is 5.92 Å². The molecule has 3 aromatic carbocycles. The van der Waals surface area contributed by atoms with Crippen LogP contribution in [0.2, 0.25) is 0 Å². The lowest BCUT2D eigenvalue weighted by molar-refractivity contribution is -0.139. The minimum absolute atomic E-state index is 0.189. The Bertz CT molecular complexity index is 1300. The van der Waals surface area contributed by atoms with Crippen LogP contribution in [0.25, 0.3) is 0 Å². The molecule has 37 heavy (non-hydrogen) atoms. The zero-order valence-electron chi connectivity index (χ0n) is 21.4. The number of imide groups is 1. The molecule has 0 aromatic heterocycles. The third-order valence-corrected chi connectivity index (χ3v) is 7.88. The van der Waals surface area contributed by atoms with Gasteiger partial charge >= 0.3 is 6.03 Å². The number of likely N-dealkylation sites (tertiary alicyclic amines) is 1. The number of hydrogen-bond acceptors (Lipinski definition) is 3. The predicted molar refractivity (Wildman–Crippen MR) is 143 cm³/mol. The van der Waals surface area contributed by atoms with Crippen molar-refractivity contribution in [1.82, 2.24) is 15.1 Å². The molecule has 5 rings (SSSR count). The fraction of sp³-hybridized carbons (Fsp3) is 0.323. The van der Waals surface area contributed by atoms with Gasteiger partial charge in [0.25, 0.3) is 5.91 Å². The van der Waals surface area contributed by atoms with Gasteiger partial charge in [0.2, 0.25) is 5.91 Å². The number of piperidine rings is 1. The van der Waals surface area contributed by atoms with E-state index in [0.29, 0.717) is 30.1 Å². The molecule has 2 aliphatic heterocycles. The summed E-state index contributed by atoms with van der Waals surface area (Å²) in [5.41, 5.74) is 3.45. The van der Waals surface area contributed by atoms with E-state index in [1.165, 1.54) is 5.56 Å². The molecule has 0 aliphatic carbocycles. The summed E-state index contributed by atoms with van der Waals surface area (Å²) >= 11 is 0. The quantitative estimate of drug-likeness (QED) is 0.509. The number of hydrogen-bond donors (Lipinski definition) is 1. The van der Waals surface area contributed by atoms with Gasteiger partial charge in [-0.15, -0.1) is 0 Å². The fourth-order valence-electron chi connectivity index (χ4n) is 5.51. The summed E-state index contributed by atoms with van der Waals surface area (Å²) in [6, 6.07) is 24.9. The molecular formula is C31H33N3O3. The van der Waals surface area contributed by atoms with Crippen molar-refractivity contribution in [1.29, 1.82) is 0 Å². The van der Waals surface area contributed by atoms with Crippen molar-refractivity contribution in [3.8, 4) is 0 Å². The lowest BCUT2D eigenvalue weighted by atomic mass is 9.81. The Balaban J connectivity index is 1.32. The zero-order valence-corrected chi connectivity index (χ0v) is 21.4. The minimum Gasteiger partial charge on any atom is -0.341 e. The molecule has 2 heterocycles. The van der Waals surface area contributed by atoms with Crippen LogP contribution in [0.15, 0.2) is 78.9 Å². The molecule has 0 radical (unpaired) electrons. The predicted octanol–water partition coefficient (Wildman–Crippen LogP) is 4.58. The third kappa shape index (κ3) is 4.76. The first-order valence-corrected chi connectivity index (χ1v) is 13.0. The van der Waals surface area contributed by atoms with Crippen LogP contribution in [-0.4, -0.2) is 47.3 Å². The Labute approximate surface area is 218 Å². The maximum atomic E-state index is 14.0. The van der Waals surface area contributed by atoms with Crippen LogP contribution in [-0.2, 0) is 21.5 Å². The van der Waals surface area contributed by atoms with Gasteiger partial charge in [0.1, 0.15) is 6.54 Å². The second kappa shape index (κ2) is 10.2. The Morgan fingerprint density at radius 1 is 0.865 bits per heavy atom. The maximum Gasteiger partial charge on any atom is 0.326 e. The molecular weight excluding hydrogens is 462 g/mol. The average molecular weight is 496 g/mol. The van der Waals surface area contributed by atoms with Crippen molar-refractivity contribution in [3.63, 3.8) is 0 Å². The highest BCUT2D eigenvalue weighted by Gasteiger charge is 2.54. The van der Waals surface area contributed by atoms with Gasteiger partial charge in [-0.1, -0.05) is 78.9 Å². The van der Waals surface area contributed by atoms with Crippen molar-refractivity contribution in [2.75, 3.05) is 19.6 Å². The summed E-state index contributed by atoms with van der Waals surface area (Å²) in [5, 5.41) is 2.96. The summed E-state index contributed by atoms with van der Waals surface area (Å²) in [4.78, 5) is 43.3. The molecule has 6 heteroatoms. The second-order valence-corrected chi connectivity index (χ2v) is 10.3. The summed E-state index contributed by atoms with van der Waals surface area (Å²) in [6.07, 6.45) is 2.83. The van der Waals surface area contributed by atoms with Crippen LogP contribution >= 0.6 is 0 Å². The van der Waals surface area contributed by atoms with Gasteiger partial charge in [-0.2, -0.15) is 0 Å². The molecule has 190 valence electrons. The summed E-state index contributed by atoms with van der Waals surface area (Å²) in [5.74, 6) is -0.0800. The van der Waals surface area contributed by atoms with Crippen LogP contribution in [0.1, 0.15) is 40.7 Å². The highest BCUT2D eigenvalue weighted by molar-refractivity contribution is 6.11. The van der Waals surface area contributed by atoms with Gasteiger partial charge in [0.15, 0.2) is 5.54 Å².